The number of fused-ring (bicyclic) bond motifs is 1. The number of nitrogens with zero attached hydrogens (tertiary/aromatic N) is 6. The predicted molar refractivity (Wildman–Crippen MR) is 126 cm³/mol. The van der Waals surface area contributed by atoms with Crippen LogP contribution in [0.4, 0.5) is 10.2 Å². The van der Waals surface area contributed by atoms with E-state index < -0.39 is 11.7 Å². The van der Waals surface area contributed by atoms with Crippen LogP contribution in [0.1, 0.15) is 58.7 Å². The van der Waals surface area contributed by atoms with Gasteiger partial charge < -0.3 is 19.6 Å². The molecule has 2 N–H and O–H groups in total. The number of aliphatic hydroxyl groups is 1. The topological polar surface area (TPSA) is 111 Å². The molecule has 0 saturated heterocycles. The third-order valence-electron chi connectivity index (χ3n) is 6.67. The van der Waals surface area contributed by atoms with Gasteiger partial charge in [0, 0.05) is 18.5 Å². The maximum atomic E-state index is 14.8. The number of halogens is 1. The zero-order chi connectivity index (χ0) is 24.1. The molecule has 1 amide bonds. The first-order valence-electron chi connectivity index (χ1n) is 11.7. The van der Waals surface area contributed by atoms with E-state index in [-0.39, 0.29) is 24.0 Å². The molecule has 4 aromatic rings. The molecule has 1 atom stereocenters. The Balaban J connectivity index is 1.28. The molecular formula is C25H24FN7O2. The standard InChI is InChI=1S/C25H24FN7O2/c1-14-9-18(26)17(10-21(14)32-11-20(27-13-32)15-5-6-15)25(35)29-22-4-2-3-19(28-22)24-31-30-23-8-7-16(12-34)33(23)24/h2-4,9-11,13,15-16,34H,5-8,12H2,1H3,(H,28,29,35)/t16-/m0/s1. The molecule has 1 aliphatic carbocycles. The van der Waals surface area contributed by atoms with Gasteiger partial charge in [-0.25, -0.2) is 14.4 Å². The average Bonchev–Trinajstić information content (AvgIpc) is 3.25. The highest BCUT2D eigenvalue weighted by atomic mass is 19.1. The second-order valence-electron chi connectivity index (χ2n) is 9.15. The average molecular weight is 474 g/mol. The first-order chi connectivity index (χ1) is 17.0. The number of pyridine rings is 1. The fourth-order valence-electron chi connectivity index (χ4n) is 4.64. The molecule has 35 heavy (non-hydrogen) atoms. The summed E-state index contributed by atoms with van der Waals surface area (Å²) in [6, 6.07) is 7.94. The second-order valence-corrected chi connectivity index (χ2v) is 9.15. The lowest BCUT2D eigenvalue weighted by Gasteiger charge is -2.13. The Bertz CT molecular complexity index is 1440. The van der Waals surface area contributed by atoms with E-state index in [0.717, 1.165) is 37.2 Å². The first kappa shape index (κ1) is 21.6. The summed E-state index contributed by atoms with van der Waals surface area (Å²) in [4.78, 5) is 22.0. The number of aryl methyl sites for hydroxylation is 2. The van der Waals surface area contributed by atoms with Gasteiger partial charge in [-0.15, -0.1) is 10.2 Å². The smallest absolute Gasteiger partial charge is 0.259 e. The Morgan fingerprint density at radius 2 is 2.09 bits per heavy atom. The summed E-state index contributed by atoms with van der Waals surface area (Å²) in [5.41, 5.74) is 2.86. The van der Waals surface area contributed by atoms with E-state index in [1.807, 2.05) is 15.3 Å². The minimum atomic E-state index is -0.608. The number of rotatable bonds is 6. The lowest BCUT2D eigenvalue weighted by molar-refractivity contribution is 0.102. The van der Waals surface area contributed by atoms with Crippen LogP contribution in [-0.4, -0.2) is 46.9 Å². The molecule has 1 saturated carbocycles. The lowest BCUT2D eigenvalue weighted by atomic mass is 10.1. The molecule has 1 aliphatic heterocycles. The number of anilines is 1. The summed E-state index contributed by atoms with van der Waals surface area (Å²) in [5, 5.41) is 20.8. The van der Waals surface area contributed by atoms with Crippen LogP contribution in [0.15, 0.2) is 42.9 Å². The van der Waals surface area contributed by atoms with Crippen LogP contribution in [0, 0.1) is 12.7 Å². The van der Waals surface area contributed by atoms with Crippen molar-refractivity contribution >= 4 is 11.7 Å². The van der Waals surface area contributed by atoms with Crippen molar-refractivity contribution in [3.8, 4) is 17.2 Å². The Morgan fingerprint density at radius 1 is 1.23 bits per heavy atom. The van der Waals surface area contributed by atoms with Crippen LogP contribution >= 0.6 is 0 Å². The van der Waals surface area contributed by atoms with Gasteiger partial charge in [-0.3, -0.25) is 4.79 Å². The van der Waals surface area contributed by atoms with Gasteiger partial charge in [0.05, 0.1) is 35.9 Å². The van der Waals surface area contributed by atoms with Crippen LogP contribution < -0.4 is 5.32 Å². The quantitative estimate of drug-likeness (QED) is 0.443. The van der Waals surface area contributed by atoms with E-state index in [2.05, 4.69) is 25.5 Å². The molecule has 6 rings (SSSR count). The highest BCUT2D eigenvalue weighted by molar-refractivity contribution is 6.04. The largest absolute Gasteiger partial charge is 0.394 e. The summed E-state index contributed by atoms with van der Waals surface area (Å²) in [6.45, 7) is 1.79. The normalized spacial score (nSPS) is 16.9. The van der Waals surface area contributed by atoms with Crippen molar-refractivity contribution in [1.82, 2.24) is 29.3 Å². The number of amides is 1. The Labute approximate surface area is 200 Å². The van der Waals surface area contributed by atoms with Gasteiger partial charge in [-0.1, -0.05) is 6.07 Å². The van der Waals surface area contributed by atoms with Gasteiger partial charge in [0.15, 0.2) is 5.82 Å². The molecule has 1 aromatic carbocycles. The van der Waals surface area contributed by atoms with Gasteiger partial charge in [0.2, 0.25) is 0 Å². The first-order valence-corrected chi connectivity index (χ1v) is 11.7. The maximum absolute atomic E-state index is 14.8. The molecule has 10 heteroatoms. The molecule has 9 nitrogen and oxygen atoms in total. The Hall–Kier alpha value is -3.92. The molecule has 0 bridgehead atoms. The molecular weight excluding hydrogens is 449 g/mol. The minimum Gasteiger partial charge on any atom is -0.394 e. The number of carbonyl (C=O) groups is 1. The zero-order valence-electron chi connectivity index (χ0n) is 19.1. The van der Waals surface area contributed by atoms with Gasteiger partial charge >= 0.3 is 0 Å². The maximum Gasteiger partial charge on any atom is 0.259 e. The van der Waals surface area contributed by atoms with Crippen molar-refractivity contribution in [2.75, 3.05) is 11.9 Å². The third-order valence-corrected chi connectivity index (χ3v) is 6.67. The van der Waals surface area contributed by atoms with Crippen molar-refractivity contribution in [1.29, 1.82) is 0 Å². The van der Waals surface area contributed by atoms with E-state index in [9.17, 15) is 14.3 Å². The summed E-state index contributed by atoms with van der Waals surface area (Å²) in [5.74, 6) is 0.886. The van der Waals surface area contributed by atoms with E-state index in [1.54, 1.807) is 37.5 Å². The predicted octanol–water partition coefficient (Wildman–Crippen LogP) is 3.58. The SMILES string of the molecule is Cc1cc(F)c(C(=O)Nc2cccc(-c3nnc4n3[C@H](CO)CC4)n2)cc1-n1cnc(C2CC2)c1. The fourth-order valence-corrected chi connectivity index (χ4v) is 4.64. The van der Waals surface area contributed by atoms with E-state index >= 15 is 0 Å². The molecule has 4 heterocycles. The van der Waals surface area contributed by atoms with E-state index in [1.165, 1.54) is 6.07 Å². The number of carbonyl (C=O) groups excluding carboxylic acids is 1. The van der Waals surface area contributed by atoms with Crippen LogP contribution in [-0.2, 0) is 6.42 Å². The summed E-state index contributed by atoms with van der Waals surface area (Å²) in [7, 11) is 0. The van der Waals surface area contributed by atoms with Crippen LogP contribution in [0.2, 0.25) is 0 Å². The monoisotopic (exact) mass is 473 g/mol. The molecule has 0 spiro atoms. The second kappa shape index (κ2) is 8.38. The summed E-state index contributed by atoms with van der Waals surface area (Å²) < 4.78 is 18.6. The van der Waals surface area contributed by atoms with Crippen molar-refractivity contribution < 1.29 is 14.3 Å². The number of hydrogen-bond acceptors (Lipinski definition) is 6. The molecule has 1 fully saturated rings. The molecule has 0 unspecified atom stereocenters. The van der Waals surface area contributed by atoms with Gasteiger partial charge in [-0.2, -0.15) is 0 Å². The number of aromatic nitrogens is 6. The van der Waals surface area contributed by atoms with Crippen molar-refractivity contribution in [3.05, 3.63) is 71.3 Å². The van der Waals surface area contributed by atoms with Gasteiger partial charge in [-0.05, 0) is 56.0 Å². The van der Waals surface area contributed by atoms with Gasteiger partial charge in [0.25, 0.3) is 5.91 Å². The van der Waals surface area contributed by atoms with Crippen LogP contribution in [0.5, 0.6) is 0 Å². The zero-order valence-corrected chi connectivity index (χ0v) is 19.1. The van der Waals surface area contributed by atoms with E-state index in [4.69, 9.17) is 0 Å². The van der Waals surface area contributed by atoms with Crippen LogP contribution in [0.3, 0.4) is 0 Å². The number of aliphatic hydroxyl groups excluding tert-OH is 1. The molecule has 178 valence electrons. The summed E-state index contributed by atoms with van der Waals surface area (Å²) in [6.07, 6.45) is 7.45. The van der Waals surface area contributed by atoms with E-state index in [0.29, 0.717) is 28.7 Å². The number of imidazole rings is 1. The van der Waals surface area contributed by atoms with Crippen LogP contribution in [0.25, 0.3) is 17.2 Å². The molecule has 2 aliphatic rings. The minimum absolute atomic E-state index is 0.0113. The highest BCUT2D eigenvalue weighted by Crippen LogP contribution is 2.39. The van der Waals surface area contributed by atoms with Crippen molar-refractivity contribution in [2.45, 2.75) is 44.6 Å². The number of hydrogen-bond donors (Lipinski definition) is 2. The third kappa shape index (κ3) is 3.89. The molecule has 3 aromatic heterocycles. The van der Waals surface area contributed by atoms with Gasteiger partial charge in [0.1, 0.15) is 23.2 Å². The Morgan fingerprint density at radius 3 is 2.89 bits per heavy atom. The summed E-state index contributed by atoms with van der Waals surface area (Å²) >= 11 is 0. The number of benzene rings is 1. The highest BCUT2D eigenvalue weighted by Gasteiger charge is 2.28. The Kier molecular flexibility index (Phi) is 5.18. The van der Waals surface area contributed by atoms with Crippen molar-refractivity contribution in [3.63, 3.8) is 0 Å². The fraction of sp³-hybridized carbons (Fsp3) is 0.320. The number of nitrogens with one attached hydrogen (secondary N) is 1. The van der Waals surface area contributed by atoms with Crippen molar-refractivity contribution in [2.24, 2.45) is 0 Å². The lowest BCUT2D eigenvalue weighted by Crippen LogP contribution is -2.16. The molecule has 0 radical (unpaired) electrons.